The van der Waals surface area contributed by atoms with E-state index in [1.54, 1.807) is 24.8 Å². The number of benzene rings is 1. The van der Waals surface area contributed by atoms with Gasteiger partial charge < -0.3 is 4.90 Å². The molecule has 0 amide bonds. The number of thioether (sulfide) groups is 1. The van der Waals surface area contributed by atoms with Gasteiger partial charge in [-0.2, -0.15) is 17.0 Å². The van der Waals surface area contributed by atoms with E-state index in [9.17, 15) is 13.7 Å². The molecule has 1 aromatic carbocycles. The van der Waals surface area contributed by atoms with Crippen molar-refractivity contribution in [2.75, 3.05) is 28.7 Å². The minimum atomic E-state index is -3.16. The Hall–Kier alpha value is -1.19. The molecule has 108 valence electrons. The summed E-state index contributed by atoms with van der Waals surface area (Å²) in [6.45, 7) is 4.29. The van der Waals surface area contributed by atoms with Crippen molar-refractivity contribution in [3.8, 4) is 6.07 Å². The average Bonchev–Trinajstić information content (AvgIpc) is 2.47. The second kappa shape index (κ2) is 6.06. The van der Waals surface area contributed by atoms with Crippen LogP contribution in [0.4, 0.5) is 5.69 Å². The minimum absolute atomic E-state index is 0.127. The van der Waals surface area contributed by atoms with Crippen LogP contribution in [0.3, 0.4) is 0 Å². The third kappa shape index (κ3) is 2.94. The molecule has 0 bridgehead atoms. The van der Waals surface area contributed by atoms with Crippen LogP contribution in [-0.4, -0.2) is 37.6 Å². The Bertz CT molecular complexity index is 635. The van der Waals surface area contributed by atoms with E-state index < -0.39 is 15.2 Å². The van der Waals surface area contributed by atoms with Crippen molar-refractivity contribution >= 4 is 27.3 Å². The van der Waals surface area contributed by atoms with Crippen LogP contribution in [0, 0.1) is 18.3 Å². The summed E-state index contributed by atoms with van der Waals surface area (Å²) in [4.78, 5) is 1.89. The molecule has 1 aromatic rings. The van der Waals surface area contributed by atoms with Crippen molar-refractivity contribution in [3.63, 3.8) is 0 Å². The molecule has 1 fully saturated rings. The molecule has 4 nitrogen and oxygen atoms in total. The highest BCUT2D eigenvalue weighted by Gasteiger charge is 2.33. The van der Waals surface area contributed by atoms with Crippen molar-refractivity contribution < 1.29 is 8.42 Å². The third-order valence-corrected chi connectivity index (χ3v) is 6.77. The van der Waals surface area contributed by atoms with Gasteiger partial charge in [0.05, 0.1) is 11.3 Å². The first-order valence-corrected chi connectivity index (χ1v) is 9.43. The lowest BCUT2D eigenvalue weighted by molar-refractivity contribution is 0.579. The van der Waals surface area contributed by atoms with Gasteiger partial charge >= 0.3 is 0 Å². The van der Waals surface area contributed by atoms with Gasteiger partial charge in [0.2, 0.25) is 0 Å². The zero-order chi connectivity index (χ0) is 14.8. The molecule has 1 aliphatic rings. The average molecular weight is 310 g/mol. The largest absolute Gasteiger partial charge is 0.352 e. The summed E-state index contributed by atoms with van der Waals surface area (Å²) in [7, 11) is -3.16. The molecule has 20 heavy (non-hydrogen) atoms. The van der Waals surface area contributed by atoms with E-state index in [1.807, 2.05) is 24.0 Å². The van der Waals surface area contributed by atoms with Crippen LogP contribution in [-0.2, 0) is 9.84 Å². The molecule has 1 aliphatic heterocycles. The number of hydrogen-bond donors (Lipinski definition) is 0. The third-order valence-electron chi connectivity index (χ3n) is 3.48. The maximum atomic E-state index is 12.3. The van der Waals surface area contributed by atoms with Crippen LogP contribution >= 0.6 is 11.8 Å². The number of rotatable bonds is 3. The van der Waals surface area contributed by atoms with Crippen LogP contribution < -0.4 is 4.90 Å². The van der Waals surface area contributed by atoms with Crippen LogP contribution in [0.2, 0.25) is 0 Å². The van der Waals surface area contributed by atoms with Crippen molar-refractivity contribution in [1.29, 1.82) is 5.26 Å². The Labute approximate surface area is 124 Å². The summed E-state index contributed by atoms with van der Waals surface area (Å²) in [5.41, 5.74) is 2.32. The highest BCUT2D eigenvalue weighted by Crippen LogP contribution is 2.30. The molecule has 1 unspecified atom stereocenters. The number of anilines is 1. The second-order valence-electron chi connectivity index (χ2n) is 4.81. The molecule has 0 aliphatic carbocycles. The number of nitrogens with zero attached hydrogens (tertiary/aromatic N) is 2. The van der Waals surface area contributed by atoms with Crippen molar-refractivity contribution in [2.24, 2.45) is 0 Å². The SMILES string of the molecule is CCS(=O)(=O)C1CSCCN1c1cc(C)ccc1C#N. The van der Waals surface area contributed by atoms with Crippen LogP contribution in [0.25, 0.3) is 0 Å². The number of nitriles is 1. The predicted molar refractivity (Wildman–Crippen MR) is 83.8 cm³/mol. The quantitative estimate of drug-likeness (QED) is 0.856. The first-order valence-electron chi connectivity index (χ1n) is 6.56. The Morgan fingerprint density at radius 1 is 1.50 bits per heavy atom. The first-order chi connectivity index (χ1) is 9.49. The standard InChI is InChI=1S/C14H18N2O2S2/c1-3-20(17,18)14-10-19-7-6-16(14)13-8-11(2)4-5-12(13)9-15/h4-5,8,14H,3,6-7,10H2,1-2H3. The fourth-order valence-corrected chi connectivity index (χ4v) is 5.30. The fourth-order valence-electron chi connectivity index (χ4n) is 2.32. The monoisotopic (exact) mass is 310 g/mol. The van der Waals surface area contributed by atoms with E-state index in [1.165, 1.54) is 0 Å². The summed E-state index contributed by atoms with van der Waals surface area (Å²) in [6.07, 6.45) is 0. The van der Waals surface area contributed by atoms with Gasteiger partial charge in [-0.05, 0) is 24.6 Å². The van der Waals surface area contributed by atoms with E-state index in [2.05, 4.69) is 6.07 Å². The van der Waals surface area contributed by atoms with Gasteiger partial charge in [0.1, 0.15) is 11.4 Å². The normalized spacial score (nSPS) is 19.6. The Morgan fingerprint density at radius 2 is 2.25 bits per heavy atom. The van der Waals surface area contributed by atoms with Crippen LogP contribution in [0.1, 0.15) is 18.1 Å². The maximum absolute atomic E-state index is 12.3. The molecule has 0 saturated carbocycles. The topological polar surface area (TPSA) is 61.2 Å². The van der Waals surface area contributed by atoms with Gasteiger partial charge in [-0.1, -0.05) is 13.0 Å². The first kappa shape index (κ1) is 15.2. The molecule has 2 rings (SSSR count). The van der Waals surface area contributed by atoms with E-state index >= 15 is 0 Å². The summed E-state index contributed by atoms with van der Waals surface area (Å²) < 4.78 is 24.6. The van der Waals surface area contributed by atoms with E-state index in [0.29, 0.717) is 17.9 Å². The van der Waals surface area contributed by atoms with Crippen molar-refractivity contribution in [3.05, 3.63) is 29.3 Å². The van der Waals surface area contributed by atoms with Crippen LogP contribution in [0.5, 0.6) is 0 Å². The maximum Gasteiger partial charge on any atom is 0.171 e. The Morgan fingerprint density at radius 3 is 2.90 bits per heavy atom. The zero-order valence-electron chi connectivity index (χ0n) is 11.7. The summed E-state index contributed by atoms with van der Waals surface area (Å²) in [5, 5.41) is 8.73. The lowest BCUT2D eigenvalue weighted by Crippen LogP contribution is -2.48. The highest BCUT2D eigenvalue weighted by atomic mass is 32.2. The minimum Gasteiger partial charge on any atom is -0.352 e. The Balaban J connectivity index is 2.49. The van der Waals surface area contributed by atoms with Crippen molar-refractivity contribution in [1.82, 2.24) is 0 Å². The number of sulfone groups is 1. The smallest absolute Gasteiger partial charge is 0.171 e. The molecule has 6 heteroatoms. The lowest BCUT2D eigenvalue weighted by atomic mass is 10.1. The lowest BCUT2D eigenvalue weighted by Gasteiger charge is -2.37. The van der Waals surface area contributed by atoms with Crippen molar-refractivity contribution in [2.45, 2.75) is 19.2 Å². The zero-order valence-corrected chi connectivity index (χ0v) is 13.3. The molecule has 1 atom stereocenters. The fraction of sp³-hybridized carbons (Fsp3) is 0.500. The van der Waals surface area contributed by atoms with Gasteiger partial charge in [-0.3, -0.25) is 0 Å². The summed E-state index contributed by atoms with van der Waals surface area (Å²) in [5.74, 6) is 1.58. The molecule has 0 spiro atoms. The van der Waals surface area contributed by atoms with Crippen LogP contribution in [0.15, 0.2) is 18.2 Å². The molecular weight excluding hydrogens is 292 g/mol. The van der Waals surface area contributed by atoms with E-state index in [0.717, 1.165) is 17.0 Å². The number of hydrogen-bond acceptors (Lipinski definition) is 5. The molecule has 0 aromatic heterocycles. The van der Waals surface area contributed by atoms with Gasteiger partial charge in [0.25, 0.3) is 0 Å². The summed E-state index contributed by atoms with van der Waals surface area (Å²) >= 11 is 1.66. The van der Waals surface area contributed by atoms with Gasteiger partial charge in [0.15, 0.2) is 9.84 Å². The molecular formula is C14H18N2O2S2. The summed E-state index contributed by atoms with van der Waals surface area (Å²) in [6, 6.07) is 7.72. The number of aryl methyl sites for hydroxylation is 1. The van der Waals surface area contributed by atoms with E-state index in [4.69, 9.17) is 0 Å². The highest BCUT2D eigenvalue weighted by molar-refractivity contribution is 8.01. The second-order valence-corrected chi connectivity index (χ2v) is 8.40. The molecule has 1 saturated heterocycles. The molecule has 1 heterocycles. The Kier molecular flexibility index (Phi) is 4.61. The van der Waals surface area contributed by atoms with E-state index in [-0.39, 0.29) is 5.75 Å². The molecule has 0 radical (unpaired) electrons. The molecule has 0 N–H and O–H groups in total. The van der Waals surface area contributed by atoms with Gasteiger partial charge in [-0.25, -0.2) is 8.42 Å². The van der Waals surface area contributed by atoms with Gasteiger partial charge in [-0.15, -0.1) is 0 Å². The predicted octanol–water partition coefficient (Wildman–Crippen LogP) is 2.18. The van der Waals surface area contributed by atoms with Gasteiger partial charge in [0, 0.05) is 23.8 Å².